The summed E-state index contributed by atoms with van der Waals surface area (Å²) in [6.45, 7) is 7.56. The van der Waals surface area contributed by atoms with Gasteiger partial charge in [-0.3, -0.25) is 9.78 Å². The summed E-state index contributed by atoms with van der Waals surface area (Å²) in [5, 5.41) is 16.4. The van der Waals surface area contributed by atoms with Crippen LogP contribution in [-0.2, 0) is 17.8 Å². The number of amides is 1. The minimum Gasteiger partial charge on any atom is -0.507 e. The highest BCUT2D eigenvalue weighted by molar-refractivity contribution is 5.85. The molecule has 1 aromatic carbocycles. The second kappa shape index (κ2) is 6.19. The molecule has 1 atom stereocenters. The molecule has 140 valence electrons. The summed E-state index contributed by atoms with van der Waals surface area (Å²) in [7, 11) is 1.65. The van der Waals surface area contributed by atoms with Gasteiger partial charge in [0.05, 0.1) is 6.54 Å². The number of hydrogen-bond donors (Lipinski definition) is 3. The summed E-state index contributed by atoms with van der Waals surface area (Å²) >= 11 is 0. The third-order valence-electron chi connectivity index (χ3n) is 5.26. The number of nitrogens with zero attached hydrogens (tertiary/aromatic N) is 2. The van der Waals surface area contributed by atoms with Crippen molar-refractivity contribution in [1.82, 2.24) is 20.1 Å². The summed E-state index contributed by atoms with van der Waals surface area (Å²) in [6, 6.07) is 0. The number of aromatic hydroxyl groups is 1. The smallest absolute Gasteiger partial charge is 0.340 e. The third kappa shape index (κ3) is 2.85. The van der Waals surface area contributed by atoms with Gasteiger partial charge in [-0.1, -0.05) is 0 Å². The van der Waals surface area contributed by atoms with E-state index in [1.54, 1.807) is 14.0 Å². The number of nitrogens with one attached hydrogen (secondary N) is 2. The number of rotatable bonds is 3. The van der Waals surface area contributed by atoms with Crippen LogP contribution in [-0.4, -0.2) is 43.7 Å². The van der Waals surface area contributed by atoms with E-state index in [0.717, 1.165) is 22.3 Å². The van der Waals surface area contributed by atoms with Crippen molar-refractivity contribution in [1.29, 1.82) is 0 Å². The normalized spacial score (nSPS) is 19.0. The van der Waals surface area contributed by atoms with Gasteiger partial charge in [-0.25, -0.2) is 9.89 Å². The second-order valence-corrected chi connectivity index (χ2v) is 7.15. The molecule has 2 heterocycles. The second-order valence-electron chi connectivity index (χ2n) is 7.15. The van der Waals surface area contributed by atoms with Crippen molar-refractivity contribution in [2.75, 3.05) is 7.05 Å². The van der Waals surface area contributed by atoms with Crippen LogP contribution in [0.3, 0.4) is 0 Å². The van der Waals surface area contributed by atoms with Crippen LogP contribution in [0, 0.1) is 20.8 Å². The molecule has 3 rings (SSSR count). The van der Waals surface area contributed by atoms with E-state index in [9.17, 15) is 14.7 Å². The molecule has 2 aromatic rings. The van der Waals surface area contributed by atoms with Gasteiger partial charge in [0.2, 0.25) is 0 Å². The zero-order valence-electron chi connectivity index (χ0n) is 15.7. The number of fused-ring (bicyclic) bond motifs is 1. The van der Waals surface area contributed by atoms with Gasteiger partial charge in [0.25, 0.3) is 5.91 Å². The van der Waals surface area contributed by atoms with Crippen LogP contribution in [0.4, 0.5) is 0 Å². The van der Waals surface area contributed by atoms with Crippen LogP contribution in [0.2, 0.25) is 0 Å². The van der Waals surface area contributed by atoms with Gasteiger partial charge in [-0.15, -0.1) is 0 Å². The van der Waals surface area contributed by atoms with E-state index in [2.05, 4.69) is 15.2 Å². The maximum Gasteiger partial charge on any atom is 0.340 e. The van der Waals surface area contributed by atoms with E-state index in [-0.39, 0.29) is 12.5 Å². The van der Waals surface area contributed by atoms with Gasteiger partial charge in [0, 0.05) is 19.0 Å². The minimum absolute atomic E-state index is 0.177. The quantitative estimate of drug-likeness (QED) is 0.767. The predicted octanol–water partition coefficient (Wildman–Crippen LogP) is 1.47. The lowest BCUT2D eigenvalue weighted by molar-refractivity contribution is -0.147. The Labute approximate surface area is 151 Å². The molecular formula is C18H24N4O4. The summed E-state index contributed by atoms with van der Waals surface area (Å²) in [5.41, 5.74) is 1.95. The molecular weight excluding hydrogens is 336 g/mol. The van der Waals surface area contributed by atoms with Crippen molar-refractivity contribution >= 4 is 5.91 Å². The zero-order chi connectivity index (χ0) is 19.2. The van der Waals surface area contributed by atoms with Crippen LogP contribution in [0.15, 0.2) is 4.79 Å². The molecule has 1 aliphatic heterocycles. The molecule has 0 spiro atoms. The number of ether oxygens (including phenoxy) is 1. The Hall–Kier alpha value is -2.77. The minimum atomic E-state index is -1.01. The first-order valence-electron chi connectivity index (χ1n) is 8.54. The van der Waals surface area contributed by atoms with E-state index < -0.39 is 11.3 Å². The first-order valence-corrected chi connectivity index (χ1v) is 8.54. The lowest BCUT2D eigenvalue weighted by Gasteiger charge is -2.38. The average molecular weight is 360 g/mol. The number of phenolic OH excluding ortho intramolecular Hbond substituents is 1. The highest BCUT2D eigenvalue weighted by atomic mass is 16.5. The molecule has 1 amide bonds. The summed E-state index contributed by atoms with van der Waals surface area (Å²) in [5.74, 6) is 1.18. The van der Waals surface area contributed by atoms with Gasteiger partial charge in [0.15, 0.2) is 11.4 Å². The van der Waals surface area contributed by atoms with E-state index in [1.165, 1.54) is 4.90 Å². The van der Waals surface area contributed by atoms with Crippen molar-refractivity contribution in [2.24, 2.45) is 0 Å². The number of aromatic nitrogens is 3. The molecule has 0 unspecified atom stereocenters. The van der Waals surface area contributed by atoms with E-state index >= 15 is 0 Å². The fourth-order valence-electron chi connectivity index (χ4n) is 3.48. The van der Waals surface area contributed by atoms with Crippen LogP contribution < -0.4 is 10.4 Å². The van der Waals surface area contributed by atoms with Crippen LogP contribution in [0.1, 0.15) is 41.4 Å². The fraction of sp³-hybridized carbons (Fsp3) is 0.500. The topological polar surface area (TPSA) is 111 Å². The molecule has 0 aliphatic carbocycles. The number of phenols is 1. The van der Waals surface area contributed by atoms with Crippen molar-refractivity contribution in [3.63, 3.8) is 0 Å². The highest BCUT2D eigenvalue weighted by Crippen LogP contribution is 2.43. The van der Waals surface area contributed by atoms with Crippen LogP contribution in [0.25, 0.3) is 0 Å². The number of carbonyl (C=O) groups is 1. The number of carbonyl (C=O) groups excluding carboxylic acids is 1. The zero-order valence-corrected chi connectivity index (χ0v) is 15.7. The molecule has 0 fully saturated rings. The number of likely N-dealkylation sites (N-methyl/N-ethyl adjacent to an activating group) is 1. The Morgan fingerprint density at radius 3 is 2.62 bits per heavy atom. The summed E-state index contributed by atoms with van der Waals surface area (Å²) in [4.78, 5) is 28.2. The van der Waals surface area contributed by atoms with Crippen molar-refractivity contribution in [2.45, 2.75) is 52.7 Å². The van der Waals surface area contributed by atoms with Crippen molar-refractivity contribution in [3.05, 3.63) is 38.6 Å². The average Bonchev–Trinajstić information content (AvgIpc) is 3.02. The van der Waals surface area contributed by atoms with Gasteiger partial charge < -0.3 is 14.7 Å². The van der Waals surface area contributed by atoms with Gasteiger partial charge >= 0.3 is 5.69 Å². The number of hydrogen-bond acceptors (Lipinski definition) is 5. The lowest BCUT2D eigenvalue weighted by Crippen LogP contribution is -2.51. The monoisotopic (exact) mass is 360 g/mol. The maximum absolute atomic E-state index is 13.0. The molecule has 0 radical (unpaired) electrons. The van der Waals surface area contributed by atoms with Crippen molar-refractivity contribution < 1.29 is 14.6 Å². The number of benzene rings is 1. The molecule has 1 aromatic heterocycles. The first kappa shape index (κ1) is 18.0. The predicted molar refractivity (Wildman–Crippen MR) is 95.4 cm³/mol. The number of aromatic amines is 2. The molecule has 0 bridgehead atoms. The summed E-state index contributed by atoms with van der Waals surface area (Å²) in [6.07, 6.45) is 1.15. The molecule has 1 aliphatic rings. The van der Waals surface area contributed by atoms with E-state index in [0.29, 0.717) is 30.2 Å². The van der Waals surface area contributed by atoms with Gasteiger partial charge in [-0.2, -0.15) is 5.10 Å². The van der Waals surface area contributed by atoms with Crippen LogP contribution in [0.5, 0.6) is 11.5 Å². The van der Waals surface area contributed by atoms with E-state index in [1.807, 2.05) is 20.8 Å². The molecule has 0 saturated carbocycles. The SMILES string of the molecule is Cc1c(C)c2c(c(C)c1O)CC[C@](C)(C(=O)N(C)Cc1n[nH]c(=O)[nH]1)O2. The maximum atomic E-state index is 13.0. The first-order chi connectivity index (χ1) is 12.1. The molecule has 3 N–H and O–H groups in total. The highest BCUT2D eigenvalue weighted by Gasteiger charge is 2.42. The molecule has 8 heteroatoms. The Morgan fingerprint density at radius 2 is 2.00 bits per heavy atom. The third-order valence-corrected chi connectivity index (χ3v) is 5.26. The lowest BCUT2D eigenvalue weighted by atomic mass is 9.86. The van der Waals surface area contributed by atoms with Gasteiger partial charge in [-0.05, 0) is 50.8 Å². The Balaban J connectivity index is 1.88. The van der Waals surface area contributed by atoms with Crippen molar-refractivity contribution in [3.8, 4) is 11.5 Å². The Morgan fingerprint density at radius 1 is 1.31 bits per heavy atom. The molecule has 0 saturated heterocycles. The van der Waals surface area contributed by atoms with E-state index in [4.69, 9.17) is 4.74 Å². The molecule has 26 heavy (non-hydrogen) atoms. The van der Waals surface area contributed by atoms with Crippen LogP contribution >= 0.6 is 0 Å². The molecule has 8 nitrogen and oxygen atoms in total. The Kier molecular flexibility index (Phi) is 4.29. The fourth-order valence-corrected chi connectivity index (χ4v) is 3.48. The standard InChI is InChI=1S/C18H24N4O4/c1-9-10(2)15-12(11(3)14(9)23)6-7-18(4,26-15)16(24)22(5)8-13-19-17(25)21-20-13/h23H,6-8H2,1-5H3,(H2,19,20,21,25)/t18-/m1/s1. The Bertz CT molecular complexity index is 930. The largest absolute Gasteiger partial charge is 0.507 e. The number of H-pyrrole nitrogens is 2. The van der Waals surface area contributed by atoms with Gasteiger partial charge in [0.1, 0.15) is 11.5 Å². The summed E-state index contributed by atoms with van der Waals surface area (Å²) < 4.78 is 6.19.